The lowest BCUT2D eigenvalue weighted by Gasteiger charge is -2.20. The quantitative estimate of drug-likeness (QED) is 0.580. The van der Waals surface area contributed by atoms with Gasteiger partial charge < -0.3 is 0 Å². The first kappa shape index (κ1) is 13.9. The van der Waals surface area contributed by atoms with Crippen molar-refractivity contribution in [3.63, 3.8) is 0 Å². The van der Waals surface area contributed by atoms with Crippen LogP contribution in [0.15, 0.2) is 52.2 Å². The van der Waals surface area contributed by atoms with Crippen molar-refractivity contribution in [1.82, 2.24) is 0 Å². The molecule has 5 heteroatoms. The highest BCUT2D eigenvalue weighted by Crippen LogP contribution is 2.47. The standard InChI is InChI=1S/C16H12BrNO3/c1-16(2)9-7-13(19)14(20)8-12(9)18(15(16)21)11-6-4-3-5-10(11)17/h3-8H,1-2H3. The molecule has 0 saturated carbocycles. The van der Waals surface area contributed by atoms with E-state index in [0.29, 0.717) is 17.0 Å². The lowest BCUT2D eigenvalue weighted by molar-refractivity contribution is -0.131. The summed E-state index contributed by atoms with van der Waals surface area (Å²) < 4.78 is 0.751. The molecule has 106 valence electrons. The van der Waals surface area contributed by atoms with Gasteiger partial charge in [-0.05, 0) is 53.6 Å². The molecule has 0 radical (unpaired) electrons. The zero-order valence-corrected chi connectivity index (χ0v) is 13.1. The largest absolute Gasteiger partial charge is 0.286 e. The second-order valence-corrected chi connectivity index (χ2v) is 6.39. The molecule has 3 rings (SSSR count). The molecule has 1 aliphatic carbocycles. The highest BCUT2D eigenvalue weighted by Gasteiger charge is 2.49. The molecule has 1 aliphatic heterocycles. The Morgan fingerprint density at radius 1 is 1.00 bits per heavy atom. The molecule has 0 atom stereocenters. The van der Waals surface area contributed by atoms with E-state index in [0.717, 1.165) is 4.47 Å². The van der Waals surface area contributed by atoms with Gasteiger partial charge in [-0.3, -0.25) is 19.3 Å². The first-order chi connectivity index (χ1) is 9.84. The fraction of sp³-hybridized carbons (Fsp3) is 0.188. The van der Waals surface area contributed by atoms with Gasteiger partial charge in [0.2, 0.25) is 17.5 Å². The number of rotatable bonds is 1. The van der Waals surface area contributed by atoms with Crippen LogP contribution in [0.2, 0.25) is 0 Å². The first-order valence-electron chi connectivity index (χ1n) is 6.45. The average molecular weight is 346 g/mol. The van der Waals surface area contributed by atoms with Crippen molar-refractivity contribution in [1.29, 1.82) is 0 Å². The summed E-state index contributed by atoms with van der Waals surface area (Å²) in [7, 11) is 0. The van der Waals surface area contributed by atoms with E-state index in [1.165, 1.54) is 17.1 Å². The minimum Gasteiger partial charge on any atom is -0.286 e. The molecular formula is C16H12BrNO3. The van der Waals surface area contributed by atoms with Crippen molar-refractivity contribution in [2.24, 2.45) is 5.41 Å². The number of benzene rings is 1. The van der Waals surface area contributed by atoms with Crippen LogP contribution in [-0.4, -0.2) is 17.5 Å². The molecule has 1 amide bonds. The Morgan fingerprint density at radius 3 is 2.29 bits per heavy atom. The van der Waals surface area contributed by atoms with Crippen LogP contribution in [-0.2, 0) is 14.4 Å². The molecule has 4 nitrogen and oxygen atoms in total. The van der Waals surface area contributed by atoms with Crippen LogP contribution in [0, 0.1) is 5.41 Å². The number of ketones is 2. The average Bonchev–Trinajstić information content (AvgIpc) is 2.61. The maximum absolute atomic E-state index is 12.8. The number of anilines is 1. The molecule has 1 saturated heterocycles. The second kappa shape index (κ2) is 4.49. The van der Waals surface area contributed by atoms with Crippen molar-refractivity contribution in [2.75, 3.05) is 4.90 Å². The van der Waals surface area contributed by atoms with Gasteiger partial charge in [0, 0.05) is 10.5 Å². The normalized spacial score (nSPS) is 20.3. The van der Waals surface area contributed by atoms with Gasteiger partial charge in [-0.25, -0.2) is 0 Å². The van der Waals surface area contributed by atoms with Gasteiger partial charge in [-0.1, -0.05) is 12.1 Å². The second-order valence-electron chi connectivity index (χ2n) is 5.53. The van der Waals surface area contributed by atoms with Gasteiger partial charge in [0.15, 0.2) is 0 Å². The summed E-state index contributed by atoms with van der Waals surface area (Å²) in [4.78, 5) is 37.6. The van der Waals surface area contributed by atoms with E-state index < -0.39 is 17.0 Å². The van der Waals surface area contributed by atoms with Gasteiger partial charge in [-0.2, -0.15) is 0 Å². The molecule has 21 heavy (non-hydrogen) atoms. The van der Waals surface area contributed by atoms with Gasteiger partial charge in [-0.15, -0.1) is 0 Å². The van der Waals surface area contributed by atoms with Crippen LogP contribution < -0.4 is 4.90 Å². The highest BCUT2D eigenvalue weighted by molar-refractivity contribution is 9.10. The van der Waals surface area contributed by atoms with Crippen LogP contribution in [0.1, 0.15) is 13.8 Å². The Hall–Kier alpha value is -2.01. The van der Waals surface area contributed by atoms with Gasteiger partial charge in [0.25, 0.3) is 0 Å². The van der Waals surface area contributed by atoms with Gasteiger partial charge in [0.05, 0.1) is 16.8 Å². The number of fused-ring (bicyclic) bond motifs is 1. The van der Waals surface area contributed by atoms with Crippen molar-refractivity contribution in [3.8, 4) is 0 Å². The van der Waals surface area contributed by atoms with Crippen molar-refractivity contribution in [3.05, 3.63) is 52.2 Å². The summed E-state index contributed by atoms with van der Waals surface area (Å²) in [5, 5.41) is 0. The predicted octanol–water partition coefficient (Wildman–Crippen LogP) is 2.78. The minimum atomic E-state index is -0.836. The number of halogens is 1. The third-order valence-electron chi connectivity index (χ3n) is 3.81. The van der Waals surface area contributed by atoms with E-state index in [2.05, 4.69) is 15.9 Å². The monoisotopic (exact) mass is 345 g/mol. The minimum absolute atomic E-state index is 0.158. The smallest absolute Gasteiger partial charge is 0.241 e. The van der Waals surface area contributed by atoms with Crippen molar-refractivity contribution >= 4 is 39.1 Å². The van der Waals surface area contributed by atoms with Crippen LogP contribution in [0.4, 0.5) is 5.69 Å². The fourth-order valence-electron chi connectivity index (χ4n) is 2.61. The predicted molar refractivity (Wildman–Crippen MR) is 81.6 cm³/mol. The zero-order chi connectivity index (χ0) is 15.4. The summed E-state index contributed by atoms with van der Waals surface area (Å²) in [5.74, 6) is -1.34. The Labute approximate surface area is 130 Å². The van der Waals surface area contributed by atoms with E-state index >= 15 is 0 Å². The molecule has 1 heterocycles. The summed E-state index contributed by atoms with van der Waals surface area (Å²) in [5.41, 5.74) is 0.902. The summed E-state index contributed by atoms with van der Waals surface area (Å²) in [6.07, 6.45) is 2.54. The first-order valence-corrected chi connectivity index (χ1v) is 7.25. The number of para-hydroxylation sites is 1. The molecule has 1 aromatic rings. The number of carbonyl (C=O) groups excluding carboxylic acids is 3. The molecule has 0 unspecified atom stereocenters. The number of hydrogen-bond acceptors (Lipinski definition) is 3. The molecule has 1 fully saturated rings. The Balaban J connectivity index is 2.24. The number of amides is 1. The number of nitrogens with zero attached hydrogens (tertiary/aromatic N) is 1. The number of carbonyl (C=O) groups is 3. The molecule has 1 aromatic carbocycles. The van der Waals surface area contributed by atoms with Crippen LogP contribution in [0.5, 0.6) is 0 Å². The van der Waals surface area contributed by atoms with E-state index in [1.807, 2.05) is 18.2 Å². The zero-order valence-electron chi connectivity index (χ0n) is 11.5. The maximum atomic E-state index is 12.8. The van der Waals surface area contributed by atoms with Crippen molar-refractivity contribution < 1.29 is 14.4 Å². The van der Waals surface area contributed by atoms with Gasteiger partial charge >= 0.3 is 0 Å². The molecule has 0 spiro atoms. The van der Waals surface area contributed by atoms with Crippen LogP contribution >= 0.6 is 15.9 Å². The van der Waals surface area contributed by atoms with Crippen molar-refractivity contribution in [2.45, 2.75) is 13.8 Å². The summed E-state index contributed by atoms with van der Waals surface area (Å²) in [6, 6.07) is 7.29. The molecular weight excluding hydrogens is 334 g/mol. The Bertz CT molecular complexity index is 759. The Morgan fingerprint density at radius 2 is 1.62 bits per heavy atom. The molecule has 0 bridgehead atoms. The number of allylic oxidation sites excluding steroid dienone is 3. The molecule has 0 aromatic heterocycles. The van der Waals surface area contributed by atoms with E-state index in [9.17, 15) is 14.4 Å². The van der Waals surface area contributed by atoms with Crippen LogP contribution in [0.25, 0.3) is 0 Å². The topological polar surface area (TPSA) is 54.5 Å². The van der Waals surface area contributed by atoms with E-state index in [-0.39, 0.29) is 5.91 Å². The lowest BCUT2D eigenvalue weighted by Crippen LogP contribution is -2.30. The SMILES string of the molecule is CC1(C)C(=O)N(c2ccccc2Br)C2=CC(=O)C(=O)C=C21. The van der Waals surface area contributed by atoms with E-state index in [4.69, 9.17) is 0 Å². The number of hydrogen-bond donors (Lipinski definition) is 0. The summed E-state index contributed by atoms with van der Waals surface area (Å²) in [6.45, 7) is 3.52. The molecule has 0 N–H and O–H groups in total. The van der Waals surface area contributed by atoms with Gasteiger partial charge in [0.1, 0.15) is 0 Å². The highest BCUT2D eigenvalue weighted by atomic mass is 79.9. The third-order valence-corrected chi connectivity index (χ3v) is 4.48. The maximum Gasteiger partial charge on any atom is 0.241 e. The third kappa shape index (κ3) is 1.92. The molecule has 2 aliphatic rings. The fourth-order valence-corrected chi connectivity index (χ4v) is 3.07. The van der Waals surface area contributed by atoms with Crippen LogP contribution in [0.3, 0.4) is 0 Å². The van der Waals surface area contributed by atoms with E-state index in [1.54, 1.807) is 19.9 Å². The lowest BCUT2D eigenvalue weighted by atomic mass is 9.83. The Kier molecular flexibility index (Phi) is 2.99. The summed E-state index contributed by atoms with van der Waals surface area (Å²) >= 11 is 3.42.